The van der Waals surface area contributed by atoms with Gasteiger partial charge < -0.3 is 14.9 Å². The van der Waals surface area contributed by atoms with E-state index < -0.39 is 6.09 Å². The SMILES string of the molecule is O=C(O)N1CCC(=Cc2cccc(N3CCCC3)c2)CC1. The molecule has 1 aromatic rings. The topological polar surface area (TPSA) is 43.8 Å². The van der Waals surface area contributed by atoms with Gasteiger partial charge in [-0.15, -0.1) is 0 Å². The van der Waals surface area contributed by atoms with Gasteiger partial charge >= 0.3 is 6.09 Å². The van der Waals surface area contributed by atoms with Gasteiger partial charge in [0.15, 0.2) is 0 Å². The number of carbonyl (C=O) groups is 1. The number of carboxylic acid groups (broad SMARTS) is 1. The number of anilines is 1. The van der Waals surface area contributed by atoms with Crippen LogP contribution in [0.2, 0.25) is 0 Å². The van der Waals surface area contributed by atoms with Gasteiger partial charge in [0.05, 0.1) is 0 Å². The van der Waals surface area contributed by atoms with Gasteiger partial charge in [-0.25, -0.2) is 4.79 Å². The molecule has 0 radical (unpaired) electrons. The lowest BCUT2D eigenvalue weighted by molar-refractivity contribution is 0.142. The highest BCUT2D eigenvalue weighted by atomic mass is 16.4. The quantitative estimate of drug-likeness (QED) is 0.905. The number of likely N-dealkylation sites (tertiary alicyclic amines) is 1. The van der Waals surface area contributed by atoms with Crippen molar-refractivity contribution in [1.29, 1.82) is 0 Å². The standard InChI is InChI=1S/C17H22N2O2/c20-17(21)19-10-6-14(7-11-19)12-15-4-3-5-16(13-15)18-8-1-2-9-18/h3-5,12-13H,1-2,6-11H2,(H,20,21). The minimum absolute atomic E-state index is 0.618. The molecule has 21 heavy (non-hydrogen) atoms. The molecule has 0 aromatic heterocycles. The Balaban J connectivity index is 1.68. The molecule has 1 amide bonds. The molecule has 0 unspecified atom stereocenters. The summed E-state index contributed by atoms with van der Waals surface area (Å²) in [6.45, 7) is 3.56. The fraction of sp³-hybridized carbons (Fsp3) is 0.471. The number of nitrogens with zero attached hydrogens (tertiary/aromatic N) is 2. The van der Waals surface area contributed by atoms with E-state index in [-0.39, 0.29) is 0 Å². The highest BCUT2D eigenvalue weighted by Gasteiger charge is 2.18. The average Bonchev–Trinajstić information content (AvgIpc) is 3.02. The number of rotatable bonds is 2. The lowest BCUT2D eigenvalue weighted by atomic mass is 10.0. The van der Waals surface area contributed by atoms with Gasteiger partial charge in [0.25, 0.3) is 0 Å². The molecule has 0 bridgehead atoms. The predicted octanol–water partition coefficient (Wildman–Crippen LogP) is 3.44. The van der Waals surface area contributed by atoms with E-state index in [2.05, 4.69) is 35.2 Å². The maximum Gasteiger partial charge on any atom is 0.407 e. The molecular weight excluding hydrogens is 264 g/mol. The minimum atomic E-state index is -0.801. The Hall–Kier alpha value is -1.97. The van der Waals surface area contributed by atoms with Gasteiger partial charge in [-0.3, -0.25) is 0 Å². The van der Waals surface area contributed by atoms with Gasteiger partial charge in [0.2, 0.25) is 0 Å². The Morgan fingerprint density at radius 2 is 1.81 bits per heavy atom. The molecule has 112 valence electrons. The van der Waals surface area contributed by atoms with Crippen LogP contribution in [0.3, 0.4) is 0 Å². The number of hydrogen-bond donors (Lipinski definition) is 1. The number of piperidine rings is 1. The fourth-order valence-electron chi connectivity index (χ4n) is 3.15. The molecule has 2 heterocycles. The van der Waals surface area contributed by atoms with E-state index in [0.717, 1.165) is 25.9 Å². The summed E-state index contributed by atoms with van der Waals surface area (Å²) in [6, 6.07) is 8.69. The zero-order chi connectivity index (χ0) is 14.7. The van der Waals surface area contributed by atoms with Gasteiger partial charge in [0, 0.05) is 31.9 Å². The fourth-order valence-corrected chi connectivity index (χ4v) is 3.15. The zero-order valence-corrected chi connectivity index (χ0v) is 12.3. The van der Waals surface area contributed by atoms with Crippen molar-refractivity contribution in [1.82, 2.24) is 4.90 Å². The van der Waals surface area contributed by atoms with Crippen molar-refractivity contribution in [3.63, 3.8) is 0 Å². The molecule has 0 aliphatic carbocycles. The van der Waals surface area contributed by atoms with Gasteiger partial charge in [-0.1, -0.05) is 23.8 Å². The Morgan fingerprint density at radius 3 is 2.48 bits per heavy atom. The first-order valence-electron chi connectivity index (χ1n) is 7.75. The zero-order valence-electron chi connectivity index (χ0n) is 12.3. The van der Waals surface area contributed by atoms with Crippen LogP contribution in [0.25, 0.3) is 6.08 Å². The monoisotopic (exact) mass is 286 g/mol. The van der Waals surface area contributed by atoms with Crippen LogP contribution in [0.5, 0.6) is 0 Å². The largest absolute Gasteiger partial charge is 0.465 e. The third kappa shape index (κ3) is 3.38. The van der Waals surface area contributed by atoms with Crippen molar-refractivity contribution in [3.05, 3.63) is 35.4 Å². The summed E-state index contributed by atoms with van der Waals surface area (Å²) in [6.07, 6.45) is 5.71. The van der Waals surface area contributed by atoms with Crippen LogP contribution in [0.4, 0.5) is 10.5 Å². The molecule has 3 rings (SSSR count). The first-order chi connectivity index (χ1) is 10.2. The van der Waals surface area contributed by atoms with Crippen LogP contribution in [0.15, 0.2) is 29.8 Å². The molecule has 2 aliphatic rings. The molecule has 4 heteroatoms. The van der Waals surface area contributed by atoms with E-state index in [9.17, 15) is 4.79 Å². The molecule has 0 spiro atoms. The summed E-state index contributed by atoms with van der Waals surface area (Å²) < 4.78 is 0. The second kappa shape index (κ2) is 6.20. The van der Waals surface area contributed by atoms with Crippen molar-refractivity contribution >= 4 is 17.9 Å². The summed E-state index contributed by atoms with van der Waals surface area (Å²) >= 11 is 0. The second-order valence-corrected chi connectivity index (χ2v) is 5.86. The maximum absolute atomic E-state index is 10.9. The normalized spacial score (nSPS) is 19.0. The number of hydrogen-bond acceptors (Lipinski definition) is 2. The average molecular weight is 286 g/mol. The van der Waals surface area contributed by atoms with Crippen molar-refractivity contribution < 1.29 is 9.90 Å². The van der Waals surface area contributed by atoms with Crippen LogP contribution in [-0.4, -0.2) is 42.3 Å². The molecular formula is C17H22N2O2. The number of benzene rings is 1. The van der Waals surface area contributed by atoms with Crippen LogP contribution < -0.4 is 4.90 Å². The highest BCUT2D eigenvalue weighted by molar-refractivity contribution is 5.66. The van der Waals surface area contributed by atoms with Crippen LogP contribution in [-0.2, 0) is 0 Å². The van der Waals surface area contributed by atoms with E-state index >= 15 is 0 Å². The van der Waals surface area contributed by atoms with Crippen molar-refractivity contribution in [3.8, 4) is 0 Å². The smallest absolute Gasteiger partial charge is 0.407 e. The van der Waals surface area contributed by atoms with Gasteiger partial charge in [0.1, 0.15) is 0 Å². The van der Waals surface area contributed by atoms with Gasteiger partial charge in [-0.2, -0.15) is 0 Å². The summed E-state index contributed by atoms with van der Waals surface area (Å²) in [5.41, 5.74) is 3.90. The van der Waals surface area contributed by atoms with E-state index in [1.807, 2.05) is 0 Å². The summed E-state index contributed by atoms with van der Waals surface area (Å²) in [7, 11) is 0. The van der Waals surface area contributed by atoms with Crippen molar-refractivity contribution in [2.45, 2.75) is 25.7 Å². The third-order valence-electron chi connectivity index (χ3n) is 4.39. The van der Waals surface area contributed by atoms with E-state index in [1.54, 1.807) is 0 Å². The lowest BCUT2D eigenvalue weighted by Gasteiger charge is -2.25. The van der Waals surface area contributed by atoms with Crippen LogP contribution >= 0.6 is 0 Å². The molecule has 0 saturated carbocycles. The molecule has 0 atom stereocenters. The van der Waals surface area contributed by atoms with Crippen molar-refractivity contribution in [2.24, 2.45) is 0 Å². The number of amides is 1. The predicted molar refractivity (Wildman–Crippen MR) is 84.7 cm³/mol. The Labute approximate surface area is 125 Å². The third-order valence-corrected chi connectivity index (χ3v) is 4.39. The summed E-state index contributed by atoms with van der Waals surface area (Å²) in [5, 5.41) is 8.97. The Morgan fingerprint density at radius 1 is 1.10 bits per heavy atom. The highest BCUT2D eigenvalue weighted by Crippen LogP contribution is 2.24. The van der Waals surface area contributed by atoms with Crippen LogP contribution in [0.1, 0.15) is 31.2 Å². The molecule has 1 aromatic carbocycles. The van der Waals surface area contributed by atoms with Crippen LogP contribution in [0, 0.1) is 0 Å². The Kier molecular flexibility index (Phi) is 4.13. The molecule has 1 N–H and O–H groups in total. The molecule has 2 aliphatic heterocycles. The van der Waals surface area contributed by atoms with E-state index in [1.165, 1.54) is 34.6 Å². The Bertz CT molecular complexity index is 537. The maximum atomic E-state index is 10.9. The first-order valence-corrected chi connectivity index (χ1v) is 7.75. The van der Waals surface area contributed by atoms with Gasteiger partial charge in [-0.05, 0) is 43.4 Å². The van der Waals surface area contributed by atoms with E-state index in [4.69, 9.17) is 5.11 Å². The lowest BCUT2D eigenvalue weighted by Crippen LogP contribution is -2.35. The summed E-state index contributed by atoms with van der Waals surface area (Å²) in [4.78, 5) is 14.8. The molecule has 2 saturated heterocycles. The van der Waals surface area contributed by atoms with Crippen molar-refractivity contribution in [2.75, 3.05) is 31.1 Å². The molecule has 2 fully saturated rings. The molecule has 4 nitrogen and oxygen atoms in total. The first kappa shape index (κ1) is 14.0. The van der Waals surface area contributed by atoms with E-state index in [0.29, 0.717) is 13.1 Å². The summed E-state index contributed by atoms with van der Waals surface area (Å²) in [5.74, 6) is 0. The minimum Gasteiger partial charge on any atom is -0.465 e. The second-order valence-electron chi connectivity index (χ2n) is 5.86.